The van der Waals surface area contributed by atoms with Crippen LogP contribution in [0.3, 0.4) is 0 Å². The predicted octanol–water partition coefficient (Wildman–Crippen LogP) is 4.54. The van der Waals surface area contributed by atoms with E-state index in [-0.39, 0.29) is 23.8 Å². The van der Waals surface area contributed by atoms with Crippen molar-refractivity contribution in [2.75, 3.05) is 13.1 Å². The van der Waals surface area contributed by atoms with Crippen molar-refractivity contribution >= 4 is 23.2 Å². The van der Waals surface area contributed by atoms with Crippen molar-refractivity contribution in [2.24, 2.45) is 5.92 Å². The van der Waals surface area contributed by atoms with Crippen LogP contribution >= 0.6 is 11.3 Å². The highest BCUT2D eigenvalue weighted by atomic mass is 32.1. The Hall–Kier alpha value is -2.19. The highest BCUT2D eigenvalue weighted by Gasteiger charge is 2.42. The van der Waals surface area contributed by atoms with E-state index in [2.05, 4.69) is 40.8 Å². The lowest BCUT2D eigenvalue weighted by Gasteiger charge is -2.41. The zero-order valence-electron chi connectivity index (χ0n) is 22.4. The van der Waals surface area contributed by atoms with Crippen molar-refractivity contribution in [3.05, 3.63) is 39.1 Å². The number of carbonyl (C=O) groups excluding carboxylic acids is 2. The van der Waals surface area contributed by atoms with Gasteiger partial charge in [-0.05, 0) is 58.1 Å². The van der Waals surface area contributed by atoms with Gasteiger partial charge in [-0.2, -0.15) is 0 Å². The van der Waals surface area contributed by atoms with E-state index in [1.54, 1.807) is 18.3 Å². The number of hydrogen-bond acceptors (Lipinski definition) is 5. The van der Waals surface area contributed by atoms with E-state index in [9.17, 15) is 9.59 Å². The molecule has 4 atom stereocenters. The van der Waals surface area contributed by atoms with Gasteiger partial charge in [-0.1, -0.05) is 13.8 Å². The van der Waals surface area contributed by atoms with Crippen molar-refractivity contribution in [3.8, 4) is 0 Å². The number of aryl methyl sites for hydroxylation is 2. The number of piperidine rings is 1. The maximum atomic E-state index is 12.6. The van der Waals surface area contributed by atoms with Crippen LogP contribution < -0.4 is 5.32 Å². The van der Waals surface area contributed by atoms with Crippen LogP contribution in [-0.4, -0.2) is 56.3 Å². The lowest BCUT2D eigenvalue weighted by Crippen LogP contribution is -2.45. The molecule has 2 bridgehead atoms. The van der Waals surface area contributed by atoms with E-state index in [0.29, 0.717) is 24.7 Å². The van der Waals surface area contributed by atoms with Crippen molar-refractivity contribution in [1.29, 1.82) is 0 Å². The second-order valence-corrected chi connectivity index (χ2v) is 12.6. The molecule has 2 aromatic heterocycles. The van der Waals surface area contributed by atoms with Crippen LogP contribution in [0.5, 0.6) is 0 Å². The zero-order chi connectivity index (χ0) is 25.6. The van der Waals surface area contributed by atoms with Crippen LogP contribution in [0, 0.1) is 19.8 Å². The Kier molecular flexibility index (Phi) is 7.27. The Balaban J connectivity index is 1.26. The van der Waals surface area contributed by atoms with Crippen LogP contribution in [0.2, 0.25) is 0 Å². The minimum Gasteiger partial charge on any atom is -0.349 e. The topological polar surface area (TPSA) is 70.5 Å². The summed E-state index contributed by atoms with van der Waals surface area (Å²) in [4.78, 5) is 36.7. The summed E-state index contributed by atoms with van der Waals surface area (Å²) in [6.07, 6.45) is 6.71. The van der Waals surface area contributed by atoms with Gasteiger partial charge in [-0.25, -0.2) is 4.98 Å². The molecule has 8 heteroatoms. The van der Waals surface area contributed by atoms with E-state index in [1.165, 1.54) is 28.3 Å². The van der Waals surface area contributed by atoms with Crippen molar-refractivity contribution in [3.63, 3.8) is 0 Å². The van der Waals surface area contributed by atoms with Crippen LogP contribution in [0.1, 0.15) is 91.9 Å². The fraction of sp³-hybridized carbons (Fsp3) is 0.679. The molecule has 0 aromatic carbocycles. The molecule has 2 fully saturated rings. The van der Waals surface area contributed by atoms with Gasteiger partial charge in [0.15, 0.2) is 0 Å². The molecule has 5 heterocycles. The lowest BCUT2D eigenvalue weighted by molar-refractivity contribution is -0.135. The monoisotopic (exact) mass is 511 g/mol. The first kappa shape index (κ1) is 25.5. The number of amides is 2. The van der Waals surface area contributed by atoms with Gasteiger partial charge in [0.1, 0.15) is 5.82 Å². The maximum Gasteiger partial charge on any atom is 0.225 e. The second kappa shape index (κ2) is 10.3. The van der Waals surface area contributed by atoms with Crippen LogP contribution in [0.15, 0.2) is 12.1 Å². The van der Waals surface area contributed by atoms with Crippen LogP contribution in [0.4, 0.5) is 0 Å². The summed E-state index contributed by atoms with van der Waals surface area (Å²) in [5.74, 6) is 1.41. The van der Waals surface area contributed by atoms with Gasteiger partial charge in [0.2, 0.25) is 11.8 Å². The van der Waals surface area contributed by atoms with Gasteiger partial charge in [0, 0.05) is 65.9 Å². The molecular weight excluding hydrogens is 470 g/mol. The second-order valence-electron chi connectivity index (χ2n) is 11.3. The molecule has 2 saturated heterocycles. The van der Waals surface area contributed by atoms with E-state index >= 15 is 0 Å². The highest BCUT2D eigenvalue weighted by molar-refractivity contribution is 7.12. The Morgan fingerprint density at radius 1 is 1.14 bits per heavy atom. The first-order valence-electron chi connectivity index (χ1n) is 13.7. The summed E-state index contributed by atoms with van der Waals surface area (Å²) >= 11 is 1.79. The summed E-state index contributed by atoms with van der Waals surface area (Å²) in [5, 5.41) is 3.19. The summed E-state index contributed by atoms with van der Waals surface area (Å²) in [6.45, 7) is 12.3. The third kappa shape index (κ3) is 4.99. The molecule has 7 nitrogen and oxygen atoms in total. The third-order valence-electron chi connectivity index (χ3n) is 8.42. The quantitative estimate of drug-likeness (QED) is 0.593. The largest absolute Gasteiger partial charge is 0.349 e. The summed E-state index contributed by atoms with van der Waals surface area (Å²) in [5.41, 5.74) is 2.46. The SMILES string of the molecule is CC(=O)N[C@@H](CCN1[C@@H]2CC[C@H]1C[C@@H](n1c(C)nc3c1CCN(C(=O)C(C)C)C3)C2)c1ccc(C)s1. The molecule has 36 heavy (non-hydrogen) atoms. The number of nitrogens with one attached hydrogen (secondary N) is 1. The lowest BCUT2D eigenvalue weighted by atomic mass is 9.95. The third-order valence-corrected chi connectivity index (χ3v) is 9.53. The Bertz CT molecular complexity index is 1110. The molecule has 0 saturated carbocycles. The van der Waals surface area contributed by atoms with E-state index < -0.39 is 0 Å². The highest BCUT2D eigenvalue weighted by Crippen LogP contribution is 2.43. The minimum atomic E-state index is 0.0313. The summed E-state index contributed by atoms with van der Waals surface area (Å²) in [7, 11) is 0. The molecule has 5 rings (SSSR count). The number of fused-ring (bicyclic) bond motifs is 3. The predicted molar refractivity (Wildman–Crippen MR) is 143 cm³/mol. The number of carbonyl (C=O) groups is 2. The number of nitrogens with zero attached hydrogens (tertiary/aromatic N) is 4. The van der Waals surface area contributed by atoms with E-state index in [1.807, 2.05) is 18.7 Å². The molecule has 196 valence electrons. The maximum absolute atomic E-state index is 12.6. The zero-order valence-corrected chi connectivity index (χ0v) is 23.2. The Labute approximate surface area is 219 Å². The summed E-state index contributed by atoms with van der Waals surface area (Å²) < 4.78 is 2.53. The molecule has 3 aliphatic heterocycles. The van der Waals surface area contributed by atoms with Crippen molar-refractivity contribution in [2.45, 2.75) is 104 Å². The van der Waals surface area contributed by atoms with Gasteiger partial charge in [-0.15, -0.1) is 11.3 Å². The van der Waals surface area contributed by atoms with Crippen molar-refractivity contribution in [1.82, 2.24) is 24.7 Å². The van der Waals surface area contributed by atoms with Gasteiger partial charge in [0.05, 0.1) is 18.3 Å². The number of thiophene rings is 1. The molecule has 0 spiro atoms. The normalized spacial score (nSPS) is 24.7. The molecular formula is C28H41N5O2S. The molecule has 2 amide bonds. The smallest absolute Gasteiger partial charge is 0.225 e. The molecule has 1 N–H and O–H groups in total. The van der Waals surface area contributed by atoms with Gasteiger partial charge in [-0.3, -0.25) is 14.5 Å². The number of hydrogen-bond donors (Lipinski definition) is 1. The van der Waals surface area contributed by atoms with Crippen LogP contribution in [-0.2, 0) is 22.6 Å². The molecule has 0 aliphatic carbocycles. The first-order valence-corrected chi connectivity index (χ1v) is 14.5. The summed E-state index contributed by atoms with van der Waals surface area (Å²) in [6, 6.07) is 6.10. The van der Waals surface area contributed by atoms with Crippen molar-refractivity contribution < 1.29 is 9.59 Å². The Morgan fingerprint density at radius 3 is 2.47 bits per heavy atom. The first-order chi connectivity index (χ1) is 17.2. The van der Waals surface area contributed by atoms with Gasteiger partial charge >= 0.3 is 0 Å². The molecule has 3 aliphatic rings. The van der Waals surface area contributed by atoms with E-state index in [4.69, 9.17) is 4.98 Å². The minimum absolute atomic E-state index is 0.0313. The average molecular weight is 512 g/mol. The van der Waals surface area contributed by atoms with Crippen LogP contribution in [0.25, 0.3) is 0 Å². The fourth-order valence-corrected chi connectivity index (χ4v) is 7.81. The molecule has 0 unspecified atom stereocenters. The van der Waals surface area contributed by atoms with Gasteiger partial charge in [0.25, 0.3) is 0 Å². The molecule has 2 aromatic rings. The average Bonchev–Trinajstić information content (AvgIpc) is 3.47. The number of aromatic nitrogens is 2. The standard InChI is InChI=1S/C28H41N5O2S/c1-17(2)28(35)31-12-11-26-25(16-31)29-19(4)33(26)23-14-21-7-8-22(15-23)32(21)13-10-24(30-20(5)34)27-9-6-18(3)36-27/h6,9,17,21-24H,7-8,10-16H2,1-5H3,(H,30,34)/t21-,22+,23+,24-/m0/s1. The molecule has 0 radical (unpaired) electrons. The Morgan fingerprint density at radius 2 is 1.86 bits per heavy atom. The number of rotatable bonds is 7. The number of imidazole rings is 1. The van der Waals surface area contributed by atoms with E-state index in [0.717, 1.165) is 50.3 Å². The van der Waals surface area contributed by atoms with Gasteiger partial charge < -0.3 is 14.8 Å². The fourth-order valence-electron chi connectivity index (χ4n) is 6.85.